The van der Waals surface area contributed by atoms with E-state index in [1.54, 1.807) is 0 Å². The average Bonchev–Trinajstić information content (AvgIpc) is 2.37. The van der Waals surface area contributed by atoms with Crippen LogP contribution in [0.5, 0.6) is 0 Å². The van der Waals surface area contributed by atoms with Crippen LogP contribution in [0.4, 0.5) is 0 Å². The fourth-order valence-electron chi connectivity index (χ4n) is 1.61. The van der Waals surface area contributed by atoms with Crippen molar-refractivity contribution >= 4 is 11.9 Å². The molecule has 20 heavy (non-hydrogen) atoms. The second-order valence-corrected chi connectivity index (χ2v) is 4.62. The van der Waals surface area contributed by atoms with Crippen LogP contribution in [0, 0.1) is 0 Å². The van der Waals surface area contributed by atoms with Crippen LogP contribution in [0.1, 0.15) is 71.1 Å². The van der Waals surface area contributed by atoms with Gasteiger partial charge >= 0.3 is 29.6 Å². The third-order valence-corrected chi connectivity index (χ3v) is 2.69. The van der Waals surface area contributed by atoms with Crippen molar-refractivity contribution in [2.75, 3.05) is 6.54 Å². The van der Waals surface area contributed by atoms with Gasteiger partial charge in [0, 0.05) is 13.0 Å². The molecule has 5 nitrogen and oxygen atoms in total. The summed E-state index contributed by atoms with van der Waals surface area (Å²) in [6.07, 6.45) is 12.1. The quantitative estimate of drug-likeness (QED) is 0.342. The smallest absolute Gasteiger partial charge is 0.549 e. The van der Waals surface area contributed by atoms with E-state index in [-0.39, 0.29) is 42.0 Å². The van der Waals surface area contributed by atoms with Crippen LogP contribution >= 0.6 is 0 Å². The van der Waals surface area contributed by atoms with E-state index < -0.39 is 5.97 Å². The Kier molecular flexibility index (Phi) is 26.4. The topological polar surface area (TPSA) is 109 Å². The van der Waals surface area contributed by atoms with Gasteiger partial charge in [-0.2, -0.15) is 0 Å². The van der Waals surface area contributed by atoms with Gasteiger partial charge in [-0.25, -0.2) is 0 Å². The van der Waals surface area contributed by atoms with E-state index >= 15 is 0 Å². The molecule has 0 saturated carbocycles. The van der Waals surface area contributed by atoms with Crippen LogP contribution in [-0.2, 0) is 9.59 Å². The SMILES string of the molecule is CCCCCCCCCCCC(N)=O.NCC(=O)[O-].[Na+]. The van der Waals surface area contributed by atoms with Gasteiger partial charge in [0.05, 0.1) is 5.97 Å². The molecule has 0 spiro atoms. The van der Waals surface area contributed by atoms with Gasteiger partial charge in [-0.3, -0.25) is 4.79 Å². The molecule has 0 fully saturated rings. The molecule has 0 aromatic heterocycles. The van der Waals surface area contributed by atoms with E-state index in [2.05, 4.69) is 12.7 Å². The minimum atomic E-state index is -1.22. The Labute approximate surface area is 145 Å². The molecule has 0 aliphatic rings. The van der Waals surface area contributed by atoms with Gasteiger partial charge in [0.15, 0.2) is 0 Å². The number of amides is 1. The summed E-state index contributed by atoms with van der Waals surface area (Å²) in [4.78, 5) is 19.6. The number of aliphatic carboxylic acids is 1. The molecule has 0 bridgehead atoms. The zero-order chi connectivity index (χ0) is 14.9. The molecule has 114 valence electrons. The molecule has 0 saturated heterocycles. The Bertz CT molecular complexity index is 226. The number of hydrogen-bond donors (Lipinski definition) is 2. The van der Waals surface area contributed by atoms with Gasteiger partial charge in [-0.05, 0) is 6.42 Å². The maximum absolute atomic E-state index is 10.4. The maximum Gasteiger partial charge on any atom is 1.00 e. The predicted octanol–water partition coefficient (Wildman–Crippen LogP) is -1.91. The monoisotopic (exact) mass is 296 g/mol. The summed E-state index contributed by atoms with van der Waals surface area (Å²) in [5.74, 6) is -1.38. The van der Waals surface area contributed by atoms with E-state index in [0.717, 1.165) is 12.8 Å². The maximum atomic E-state index is 10.4. The third kappa shape index (κ3) is 30.7. The first-order valence-corrected chi connectivity index (χ1v) is 7.22. The molecule has 0 aliphatic carbocycles. The van der Waals surface area contributed by atoms with Crippen LogP contribution in [0.3, 0.4) is 0 Å². The Balaban J connectivity index is -0.000000414. The molecular formula is C14H29N2NaO3. The molecule has 1 amide bonds. The van der Waals surface area contributed by atoms with Crippen LogP contribution in [-0.4, -0.2) is 18.4 Å². The standard InChI is InChI=1S/C12H25NO.C2H5NO2.Na/c1-2-3-4-5-6-7-8-9-10-11-12(13)14;3-1-2(4)5;/h2-11H2,1H3,(H2,13,14);1,3H2,(H,4,5);/q;;+1/p-1. The fourth-order valence-corrected chi connectivity index (χ4v) is 1.61. The molecule has 0 aromatic carbocycles. The molecule has 0 atom stereocenters. The van der Waals surface area contributed by atoms with E-state index in [1.807, 2.05) is 0 Å². The Hall–Kier alpha value is -0.100. The number of carboxylic acids is 1. The van der Waals surface area contributed by atoms with Gasteiger partial charge in [0.2, 0.25) is 5.91 Å². The normalized spacial score (nSPS) is 9.10. The van der Waals surface area contributed by atoms with Gasteiger partial charge < -0.3 is 21.4 Å². The van der Waals surface area contributed by atoms with E-state index in [9.17, 15) is 4.79 Å². The van der Waals surface area contributed by atoms with Crippen LogP contribution < -0.4 is 46.1 Å². The zero-order valence-corrected chi connectivity index (χ0v) is 15.2. The van der Waals surface area contributed by atoms with E-state index in [0.29, 0.717) is 6.42 Å². The van der Waals surface area contributed by atoms with Crippen molar-refractivity contribution in [2.24, 2.45) is 11.5 Å². The molecule has 0 radical (unpaired) electrons. The Morgan fingerprint density at radius 1 is 0.900 bits per heavy atom. The number of nitrogens with two attached hydrogens (primary N) is 2. The zero-order valence-electron chi connectivity index (χ0n) is 13.2. The summed E-state index contributed by atoms with van der Waals surface area (Å²) in [6.45, 7) is 1.85. The van der Waals surface area contributed by atoms with Gasteiger partial charge in [-0.1, -0.05) is 58.3 Å². The minimum absolute atomic E-state index is 0. The predicted molar refractivity (Wildman–Crippen MR) is 75.1 cm³/mol. The van der Waals surface area contributed by atoms with Gasteiger partial charge in [0.1, 0.15) is 0 Å². The second kappa shape index (κ2) is 21.2. The number of hydrogen-bond acceptors (Lipinski definition) is 4. The summed E-state index contributed by atoms with van der Waals surface area (Å²) in [5.41, 5.74) is 9.56. The van der Waals surface area contributed by atoms with Crippen molar-refractivity contribution < 1.29 is 44.3 Å². The van der Waals surface area contributed by atoms with Crippen molar-refractivity contribution in [3.8, 4) is 0 Å². The molecule has 4 N–H and O–H groups in total. The molecule has 0 heterocycles. The molecule has 0 unspecified atom stereocenters. The van der Waals surface area contributed by atoms with Crippen molar-refractivity contribution in [1.82, 2.24) is 0 Å². The van der Waals surface area contributed by atoms with Crippen LogP contribution in [0.25, 0.3) is 0 Å². The summed E-state index contributed by atoms with van der Waals surface area (Å²) >= 11 is 0. The molecule has 0 aromatic rings. The minimum Gasteiger partial charge on any atom is -0.549 e. The fraction of sp³-hybridized carbons (Fsp3) is 0.857. The van der Waals surface area contributed by atoms with Gasteiger partial charge in [-0.15, -0.1) is 0 Å². The summed E-state index contributed by atoms with van der Waals surface area (Å²) in [6, 6.07) is 0. The molecule has 0 rings (SSSR count). The first-order chi connectivity index (χ1) is 9.04. The first kappa shape index (κ1) is 24.9. The van der Waals surface area contributed by atoms with Crippen molar-refractivity contribution in [2.45, 2.75) is 71.1 Å². The van der Waals surface area contributed by atoms with Crippen LogP contribution in [0.2, 0.25) is 0 Å². The molecular weight excluding hydrogens is 267 g/mol. The summed E-state index contributed by atoms with van der Waals surface area (Å²) in [7, 11) is 0. The van der Waals surface area contributed by atoms with Crippen LogP contribution in [0.15, 0.2) is 0 Å². The number of carbonyl (C=O) groups is 2. The third-order valence-electron chi connectivity index (χ3n) is 2.69. The largest absolute Gasteiger partial charge is 1.00 e. The number of rotatable bonds is 11. The number of primary amides is 1. The Morgan fingerprint density at radius 2 is 1.25 bits per heavy atom. The second-order valence-electron chi connectivity index (χ2n) is 4.62. The van der Waals surface area contributed by atoms with E-state index in [1.165, 1.54) is 44.9 Å². The molecule has 6 heteroatoms. The van der Waals surface area contributed by atoms with Crippen molar-refractivity contribution in [1.29, 1.82) is 0 Å². The summed E-state index contributed by atoms with van der Waals surface area (Å²) in [5, 5.41) is 9.13. The summed E-state index contributed by atoms with van der Waals surface area (Å²) < 4.78 is 0. The number of carbonyl (C=O) groups excluding carboxylic acids is 2. The Morgan fingerprint density at radius 3 is 1.55 bits per heavy atom. The first-order valence-electron chi connectivity index (χ1n) is 7.22. The molecule has 0 aliphatic heterocycles. The number of unbranched alkanes of at least 4 members (excludes halogenated alkanes) is 8. The van der Waals surface area contributed by atoms with Gasteiger partial charge in [0.25, 0.3) is 0 Å². The van der Waals surface area contributed by atoms with Crippen molar-refractivity contribution in [3.05, 3.63) is 0 Å². The number of carboxylic acid groups (broad SMARTS) is 1. The average molecular weight is 296 g/mol. The van der Waals surface area contributed by atoms with E-state index in [4.69, 9.17) is 15.6 Å². The van der Waals surface area contributed by atoms with Crippen molar-refractivity contribution in [3.63, 3.8) is 0 Å².